The number of fused-ring (bicyclic) bond motifs is 1. The highest BCUT2D eigenvalue weighted by Gasteiger charge is 2.05. The Kier molecular flexibility index (Phi) is 3.41. The number of hydrogen-bond donors (Lipinski definition) is 1. The summed E-state index contributed by atoms with van der Waals surface area (Å²) in [5, 5.41) is 7.64. The molecule has 2 heterocycles. The molecule has 0 saturated heterocycles. The van der Waals surface area contributed by atoms with E-state index in [1.807, 2.05) is 36.0 Å². The van der Waals surface area contributed by atoms with Gasteiger partial charge in [0.2, 0.25) is 0 Å². The molecule has 0 bridgehead atoms. The lowest BCUT2D eigenvalue weighted by Crippen LogP contribution is -1.98. The summed E-state index contributed by atoms with van der Waals surface area (Å²) in [6.07, 6.45) is 4.75. The Balaban J connectivity index is 1.73. The number of nitrogens with zero attached hydrogens (tertiary/aromatic N) is 3. The van der Waals surface area contributed by atoms with E-state index < -0.39 is 0 Å². The molecule has 0 unspecified atom stereocenters. The van der Waals surface area contributed by atoms with E-state index in [9.17, 15) is 0 Å². The van der Waals surface area contributed by atoms with E-state index in [-0.39, 0.29) is 0 Å². The summed E-state index contributed by atoms with van der Waals surface area (Å²) in [6.45, 7) is 5.76. The second kappa shape index (κ2) is 5.36. The van der Waals surface area contributed by atoms with Gasteiger partial charge in [0.05, 0.1) is 6.20 Å². The van der Waals surface area contributed by atoms with Crippen LogP contribution in [0.4, 0.5) is 5.69 Å². The van der Waals surface area contributed by atoms with E-state index in [0.717, 1.165) is 42.2 Å². The predicted molar refractivity (Wildman–Crippen MR) is 78.6 cm³/mol. The van der Waals surface area contributed by atoms with Crippen molar-refractivity contribution in [3.8, 4) is 0 Å². The number of aromatic nitrogens is 3. The number of oxazole rings is 1. The first-order chi connectivity index (χ1) is 9.78. The van der Waals surface area contributed by atoms with Crippen molar-refractivity contribution in [2.75, 3.05) is 5.32 Å². The van der Waals surface area contributed by atoms with Crippen molar-refractivity contribution in [3.05, 3.63) is 42.0 Å². The van der Waals surface area contributed by atoms with E-state index >= 15 is 0 Å². The number of nitrogens with one attached hydrogen (secondary N) is 1. The van der Waals surface area contributed by atoms with Crippen molar-refractivity contribution >= 4 is 16.8 Å². The topological polar surface area (TPSA) is 55.9 Å². The molecule has 3 aromatic rings. The van der Waals surface area contributed by atoms with Crippen LogP contribution in [0.25, 0.3) is 11.1 Å². The third-order valence-electron chi connectivity index (χ3n) is 3.24. The summed E-state index contributed by atoms with van der Waals surface area (Å²) in [4.78, 5) is 4.44. The van der Waals surface area contributed by atoms with E-state index in [0.29, 0.717) is 0 Å². The summed E-state index contributed by atoms with van der Waals surface area (Å²) in [7, 11) is 0. The minimum absolute atomic E-state index is 0.754. The van der Waals surface area contributed by atoms with E-state index in [4.69, 9.17) is 4.42 Å². The van der Waals surface area contributed by atoms with Crippen molar-refractivity contribution in [3.63, 3.8) is 0 Å². The Hall–Kier alpha value is -2.30. The number of rotatable bonds is 5. The maximum atomic E-state index is 5.60. The van der Waals surface area contributed by atoms with Crippen LogP contribution in [0.1, 0.15) is 25.3 Å². The van der Waals surface area contributed by atoms with Gasteiger partial charge in [-0.15, -0.1) is 0 Å². The fourth-order valence-electron chi connectivity index (χ4n) is 2.11. The fraction of sp³-hybridized carbons (Fsp3) is 0.333. The molecule has 0 amide bonds. The van der Waals surface area contributed by atoms with Gasteiger partial charge in [-0.2, -0.15) is 5.10 Å². The highest BCUT2D eigenvalue weighted by atomic mass is 16.3. The zero-order valence-corrected chi connectivity index (χ0v) is 11.8. The van der Waals surface area contributed by atoms with E-state index in [1.54, 1.807) is 0 Å². The van der Waals surface area contributed by atoms with Crippen molar-refractivity contribution in [1.29, 1.82) is 0 Å². The Labute approximate surface area is 117 Å². The lowest BCUT2D eigenvalue weighted by atomic mass is 10.2. The number of aryl methyl sites for hydroxylation is 2. The third kappa shape index (κ3) is 2.52. The van der Waals surface area contributed by atoms with Gasteiger partial charge in [0, 0.05) is 37.0 Å². The number of anilines is 1. The lowest BCUT2D eigenvalue weighted by molar-refractivity contribution is 0.538. The molecule has 0 fully saturated rings. The molecular formula is C15H18N4O. The van der Waals surface area contributed by atoms with Crippen molar-refractivity contribution < 1.29 is 4.42 Å². The van der Waals surface area contributed by atoms with Crippen LogP contribution < -0.4 is 5.32 Å². The van der Waals surface area contributed by atoms with Gasteiger partial charge in [0.1, 0.15) is 5.52 Å². The molecule has 1 aromatic carbocycles. The summed E-state index contributed by atoms with van der Waals surface area (Å²) in [6, 6.07) is 5.98. The second-order valence-corrected chi connectivity index (χ2v) is 4.70. The normalized spacial score (nSPS) is 11.1. The molecule has 5 nitrogen and oxygen atoms in total. The van der Waals surface area contributed by atoms with Gasteiger partial charge in [0.25, 0.3) is 0 Å². The number of benzene rings is 1. The van der Waals surface area contributed by atoms with Gasteiger partial charge < -0.3 is 9.73 Å². The Morgan fingerprint density at radius 1 is 1.30 bits per heavy atom. The smallest absolute Gasteiger partial charge is 0.195 e. The molecule has 0 aliphatic rings. The Morgan fingerprint density at radius 2 is 2.20 bits per heavy atom. The zero-order chi connectivity index (χ0) is 13.9. The van der Waals surface area contributed by atoms with Crippen LogP contribution in [0.15, 0.2) is 35.0 Å². The molecule has 0 aliphatic carbocycles. The quantitative estimate of drug-likeness (QED) is 0.773. The van der Waals surface area contributed by atoms with Gasteiger partial charge in [-0.1, -0.05) is 6.92 Å². The summed E-state index contributed by atoms with van der Waals surface area (Å²) in [5.74, 6) is 0.779. The van der Waals surface area contributed by atoms with E-state index in [2.05, 4.69) is 28.5 Å². The van der Waals surface area contributed by atoms with Crippen LogP contribution in [0.5, 0.6) is 0 Å². The average molecular weight is 270 g/mol. The molecule has 5 heteroatoms. The van der Waals surface area contributed by atoms with Gasteiger partial charge in [-0.3, -0.25) is 4.68 Å². The first-order valence-electron chi connectivity index (χ1n) is 6.93. The molecule has 1 N–H and O–H groups in total. The van der Waals surface area contributed by atoms with Crippen molar-refractivity contribution in [2.45, 2.75) is 33.4 Å². The first kappa shape index (κ1) is 12.7. The molecule has 0 aliphatic heterocycles. The Bertz CT molecular complexity index is 714. The maximum absolute atomic E-state index is 5.60. The van der Waals surface area contributed by atoms with Crippen LogP contribution in [0.2, 0.25) is 0 Å². The molecule has 20 heavy (non-hydrogen) atoms. The van der Waals surface area contributed by atoms with Gasteiger partial charge in [0.15, 0.2) is 11.5 Å². The SMILES string of the molecule is CCc1nc2cc(NCc3cnn(CC)c3)ccc2o1. The minimum Gasteiger partial charge on any atom is -0.441 e. The summed E-state index contributed by atoms with van der Waals surface area (Å²) >= 11 is 0. The number of hydrogen-bond acceptors (Lipinski definition) is 4. The van der Waals surface area contributed by atoms with Crippen LogP contribution >= 0.6 is 0 Å². The largest absolute Gasteiger partial charge is 0.441 e. The molecule has 2 aromatic heterocycles. The van der Waals surface area contributed by atoms with Crippen LogP contribution in [-0.4, -0.2) is 14.8 Å². The highest BCUT2D eigenvalue weighted by Crippen LogP contribution is 2.20. The third-order valence-corrected chi connectivity index (χ3v) is 3.24. The van der Waals surface area contributed by atoms with Crippen LogP contribution in [-0.2, 0) is 19.5 Å². The summed E-state index contributed by atoms with van der Waals surface area (Å²) < 4.78 is 7.52. The van der Waals surface area contributed by atoms with E-state index in [1.165, 1.54) is 5.56 Å². The molecule has 0 saturated carbocycles. The second-order valence-electron chi connectivity index (χ2n) is 4.70. The van der Waals surface area contributed by atoms with Gasteiger partial charge in [-0.05, 0) is 25.1 Å². The van der Waals surface area contributed by atoms with Crippen molar-refractivity contribution in [1.82, 2.24) is 14.8 Å². The first-order valence-corrected chi connectivity index (χ1v) is 6.93. The average Bonchev–Trinajstić information content (AvgIpc) is 3.10. The van der Waals surface area contributed by atoms with Gasteiger partial charge >= 0.3 is 0 Å². The standard InChI is InChI=1S/C15H18N4O/c1-3-15-18-13-7-12(5-6-14(13)20-15)16-8-11-9-17-19(4-2)10-11/h5-7,9-10,16H,3-4,8H2,1-2H3. The maximum Gasteiger partial charge on any atom is 0.195 e. The molecule has 0 spiro atoms. The summed E-state index contributed by atoms with van der Waals surface area (Å²) in [5.41, 5.74) is 3.95. The highest BCUT2D eigenvalue weighted by molar-refractivity contribution is 5.77. The zero-order valence-electron chi connectivity index (χ0n) is 11.8. The van der Waals surface area contributed by atoms with Crippen molar-refractivity contribution in [2.24, 2.45) is 0 Å². The predicted octanol–water partition coefficient (Wildman–Crippen LogP) is 3.22. The molecule has 3 rings (SSSR count). The monoisotopic (exact) mass is 270 g/mol. The van der Waals surface area contributed by atoms with Crippen LogP contribution in [0.3, 0.4) is 0 Å². The lowest BCUT2D eigenvalue weighted by Gasteiger charge is -2.03. The Morgan fingerprint density at radius 3 is 2.95 bits per heavy atom. The fourth-order valence-corrected chi connectivity index (χ4v) is 2.11. The molecule has 0 atom stereocenters. The molecule has 0 radical (unpaired) electrons. The molecule has 104 valence electrons. The van der Waals surface area contributed by atoms with Crippen LogP contribution in [0, 0.1) is 0 Å². The minimum atomic E-state index is 0.754. The van der Waals surface area contributed by atoms with Gasteiger partial charge in [-0.25, -0.2) is 4.98 Å². The molecular weight excluding hydrogens is 252 g/mol.